The van der Waals surface area contributed by atoms with Gasteiger partial charge in [0, 0.05) is 23.4 Å². The lowest BCUT2D eigenvalue weighted by atomic mass is 10.2. The first-order valence-electron chi connectivity index (χ1n) is 7.82. The van der Waals surface area contributed by atoms with Gasteiger partial charge in [-0.15, -0.1) is 0 Å². The zero-order valence-corrected chi connectivity index (χ0v) is 15.2. The molecule has 3 N–H and O–H groups in total. The molecule has 1 aromatic heterocycles. The molecule has 2 aromatic carbocycles. The summed E-state index contributed by atoms with van der Waals surface area (Å²) in [4.78, 5) is 7.70. The van der Waals surface area contributed by atoms with Gasteiger partial charge in [0.1, 0.15) is 5.04 Å². The molecule has 3 aromatic rings. The molecule has 0 bridgehead atoms. The number of benzene rings is 2. The third-order valence-electron chi connectivity index (χ3n) is 4.08. The Hall–Kier alpha value is -2.51. The van der Waals surface area contributed by atoms with Crippen molar-refractivity contribution < 1.29 is 14.0 Å². The molecule has 3 rings (SSSR count). The van der Waals surface area contributed by atoms with Crippen molar-refractivity contribution in [2.75, 3.05) is 20.0 Å². The number of rotatable bonds is 5. The standard InChI is InChI=1S/C18H21N3O3S/c1-4-25(22,17(19)12-8-6-5-7-9-12)18-20-13-10-15(23-2)16(24-3)11-14(13)21-18/h5-11,19,22H,4H2,1-3H3,(H,20,21). The van der Waals surface area contributed by atoms with Crippen LogP contribution in [0.25, 0.3) is 11.0 Å². The van der Waals surface area contributed by atoms with Gasteiger partial charge in [0.05, 0.1) is 25.3 Å². The Balaban J connectivity index is 2.10. The van der Waals surface area contributed by atoms with Crippen LogP contribution < -0.4 is 9.47 Å². The molecule has 0 aliphatic rings. The monoisotopic (exact) mass is 359 g/mol. The summed E-state index contributed by atoms with van der Waals surface area (Å²) < 4.78 is 21.9. The lowest BCUT2D eigenvalue weighted by molar-refractivity contribution is 0.356. The molecule has 6 nitrogen and oxygen atoms in total. The predicted molar refractivity (Wildman–Crippen MR) is 101 cm³/mol. The highest BCUT2D eigenvalue weighted by molar-refractivity contribution is 8.41. The number of imidazole rings is 1. The normalized spacial score (nSPS) is 14.7. The van der Waals surface area contributed by atoms with Crippen molar-refractivity contribution in [2.24, 2.45) is 0 Å². The third kappa shape index (κ3) is 2.96. The highest BCUT2D eigenvalue weighted by atomic mass is 32.3. The van der Waals surface area contributed by atoms with E-state index in [1.807, 2.05) is 37.3 Å². The van der Waals surface area contributed by atoms with Crippen LogP contribution in [0, 0.1) is 5.41 Å². The Bertz CT molecular complexity index is 870. The van der Waals surface area contributed by atoms with Gasteiger partial charge in [-0.1, -0.05) is 37.3 Å². The van der Waals surface area contributed by atoms with Crippen LogP contribution in [0.1, 0.15) is 12.5 Å². The number of aromatic nitrogens is 2. The number of aromatic amines is 1. The molecule has 0 saturated carbocycles. The first kappa shape index (κ1) is 17.3. The van der Waals surface area contributed by atoms with Crippen LogP contribution >= 0.6 is 10.3 Å². The van der Waals surface area contributed by atoms with Gasteiger partial charge in [-0.05, 0) is 10.3 Å². The van der Waals surface area contributed by atoms with Crippen LogP contribution in [0.4, 0.5) is 0 Å². The second-order valence-corrected chi connectivity index (χ2v) is 8.23. The maximum Gasteiger partial charge on any atom is 0.177 e. The molecule has 0 amide bonds. The van der Waals surface area contributed by atoms with E-state index in [4.69, 9.17) is 14.9 Å². The summed E-state index contributed by atoms with van der Waals surface area (Å²) in [6, 6.07) is 12.8. The summed E-state index contributed by atoms with van der Waals surface area (Å²) in [6.07, 6.45) is 0. The Kier molecular flexibility index (Phi) is 4.69. The van der Waals surface area contributed by atoms with Gasteiger partial charge < -0.3 is 19.0 Å². The molecule has 25 heavy (non-hydrogen) atoms. The first-order valence-corrected chi connectivity index (χ1v) is 9.58. The molecule has 0 aliphatic carbocycles. The molecule has 7 heteroatoms. The lowest BCUT2D eigenvalue weighted by Gasteiger charge is -2.30. The molecular weight excluding hydrogens is 338 g/mol. The van der Waals surface area contributed by atoms with Crippen LogP contribution in [-0.2, 0) is 0 Å². The summed E-state index contributed by atoms with van der Waals surface area (Å²) in [5.74, 6) is 1.55. The van der Waals surface area contributed by atoms with E-state index in [9.17, 15) is 4.55 Å². The van der Waals surface area contributed by atoms with Crippen LogP contribution in [0.3, 0.4) is 0 Å². The van der Waals surface area contributed by atoms with Crippen LogP contribution in [0.15, 0.2) is 47.6 Å². The fourth-order valence-electron chi connectivity index (χ4n) is 2.64. The van der Waals surface area contributed by atoms with E-state index in [2.05, 4.69) is 9.97 Å². The first-order chi connectivity index (χ1) is 12.0. The molecular formula is C18H21N3O3S. The Morgan fingerprint density at radius 3 is 2.40 bits per heavy atom. The largest absolute Gasteiger partial charge is 0.493 e. The second kappa shape index (κ2) is 6.78. The number of methoxy groups -OCH3 is 2. The smallest absolute Gasteiger partial charge is 0.177 e. The zero-order valence-electron chi connectivity index (χ0n) is 14.4. The molecule has 1 heterocycles. The molecule has 0 saturated heterocycles. The van der Waals surface area contributed by atoms with E-state index < -0.39 is 10.3 Å². The van der Waals surface area contributed by atoms with Gasteiger partial charge >= 0.3 is 0 Å². The second-order valence-electron chi connectivity index (χ2n) is 5.45. The molecule has 1 unspecified atom stereocenters. The highest BCUT2D eigenvalue weighted by Gasteiger charge is 2.31. The van der Waals surface area contributed by atoms with Crippen molar-refractivity contribution >= 4 is 26.4 Å². The lowest BCUT2D eigenvalue weighted by Crippen LogP contribution is -2.16. The van der Waals surface area contributed by atoms with Crippen molar-refractivity contribution in [1.29, 1.82) is 5.41 Å². The van der Waals surface area contributed by atoms with Gasteiger partial charge in [0.15, 0.2) is 16.7 Å². The number of ether oxygens (including phenoxy) is 2. The minimum absolute atomic E-state index is 0.189. The topological polar surface area (TPSA) is 91.2 Å². The maximum atomic E-state index is 11.3. The summed E-state index contributed by atoms with van der Waals surface area (Å²) >= 11 is 0. The van der Waals surface area contributed by atoms with Gasteiger partial charge in [0.25, 0.3) is 0 Å². The Labute approximate surface area is 147 Å². The predicted octanol–water partition coefficient (Wildman–Crippen LogP) is 4.26. The fourth-order valence-corrected chi connectivity index (χ4v) is 4.45. The summed E-state index contributed by atoms with van der Waals surface area (Å²) in [5, 5.41) is 9.13. The molecule has 0 radical (unpaired) electrons. The van der Waals surface area contributed by atoms with Crippen molar-refractivity contribution in [3.05, 3.63) is 48.0 Å². The van der Waals surface area contributed by atoms with Crippen molar-refractivity contribution in [3.63, 3.8) is 0 Å². The SMILES string of the molecule is CCS(O)(C(=N)c1ccccc1)c1nc2cc(OC)c(OC)cc2[nH]1. The molecule has 1 atom stereocenters. The summed E-state index contributed by atoms with van der Waals surface area (Å²) in [7, 11) is 0.581. The van der Waals surface area contributed by atoms with E-state index in [0.717, 1.165) is 5.52 Å². The third-order valence-corrected chi connectivity index (χ3v) is 6.66. The number of hydrogen-bond acceptors (Lipinski definition) is 5. The van der Waals surface area contributed by atoms with E-state index in [-0.39, 0.29) is 5.04 Å². The number of nitrogens with one attached hydrogen (secondary N) is 2. The zero-order chi connectivity index (χ0) is 18.0. The summed E-state index contributed by atoms with van der Waals surface area (Å²) in [6.45, 7) is 1.86. The molecule has 0 aliphatic heterocycles. The van der Waals surface area contributed by atoms with Crippen molar-refractivity contribution in [1.82, 2.24) is 9.97 Å². The van der Waals surface area contributed by atoms with Gasteiger partial charge in [-0.3, -0.25) is 5.41 Å². The summed E-state index contributed by atoms with van der Waals surface area (Å²) in [5.41, 5.74) is 2.08. The van der Waals surface area contributed by atoms with E-state index >= 15 is 0 Å². The van der Waals surface area contributed by atoms with Crippen LogP contribution in [-0.4, -0.2) is 39.5 Å². The molecule has 132 valence electrons. The van der Waals surface area contributed by atoms with E-state index in [1.54, 1.807) is 26.4 Å². The van der Waals surface area contributed by atoms with E-state index in [0.29, 0.717) is 33.5 Å². The average Bonchev–Trinajstić information content (AvgIpc) is 3.09. The van der Waals surface area contributed by atoms with Crippen molar-refractivity contribution in [3.8, 4) is 11.5 Å². The van der Waals surface area contributed by atoms with Crippen molar-refractivity contribution in [2.45, 2.75) is 12.1 Å². The Morgan fingerprint density at radius 2 is 1.80 bits per heavy atom. The number of fused-ring (bicyclic) bond motifs is 1. The van der Waals surface area contributed by atoms with E-state index in [1.165, 1.54) is 0 Å². The fraction of sp³-hybridized carbons (Fsp3) is 0.222. The maximum absolute atomic E-state index is 11.3. The minimum atomic E-state index is -2.55. The van der Waals surface area contributed by atoms with Crippen LogP contribution in [0.5, 0.6) is 11.5 Å². The highest BCUT2D eigenvalue weighted by Crippen LogP contribution is 2.53. The minimum Gasteiger partial charge on any atom is -0.493 e. The van der Waals surface area contributed by atoms with Gasteiger partial charge in [0.2, 0.25) is 0 Å². The van der Waals surface area contributed by atoms with Crippen LogP contribution in [0.2, 0.25) is 0 Å². The number of nitrogens with zero attached hydrogens (tertiary/aromatic N) is 1. The average molecular weight is 359 g/mol. The quantitative estimate of drug-likeness (QED) is 0.469. The molecule has 0 fully saturated rings. The number of hydrogen-bond donors (Lipinski definition) is 3. The molecule has 0 spiro atoms. The Morgan fingerprint density at radius 1 is 1.16 bits per heavy atom. The van der Waals surface area contributed by atoms with Gasteiger partial charge in [-0.2, -0.15) is 0 Å². The van der Waals surface area contributed by atoms with Gasteiger partial charge in [-0.25, -0.2) is 4.98 Å². The number of H-pyrrole nitrogens is 1.